The van der Waals surface area contributed by atoms with Gasteiger partial charge < -0.3 is 19.1 Å². The summed E-state index contributed by atoms with van der Waals surface area (Å²) in [6.45, 7) is 6.62. The van der Waals surface area contributed by atoms with E-state index in [0.29, 0.717) is 30.5 Å². The first-order valence-electron chi connectivity index (χ1n) is 8.46. The molecule has 26 heavy (non-hydrogen) atoms. The van der Waals surface area contributed by atoms with Crippen LogP contribution in [0.25, 0.3) is 0 Å². The quantitative estimate of drug-likeness (QED) is 0.832. The van der Waals surface area contributed by atoms with E-state index in [-0.39, 0.29) is 12.0 Å². The first-order chi connectivity index (χ1) is 12.4. The average Bonchev–Trinajstić information content (AvgIpc) is 2.53. The molecule has 1 aliphatic heterocycles. The molecule has 0 aliphatic carbocycles. The maximum Gasteiger partial charge on any atom is 0.410 e. The van der Waals surface area contributed by atoms with Crippen LogP contribution in [0.3, 0.4) is 0 Å². The van der Waals surface area contributed by atoms with E-state index in [0.717, 1.165) is 5.69 Å². The van der Waals surface area contributed by atoms with Crippen LogP contribution in [0, 0.1) is 0 Å². The van der Waals surface area contributed by atoms with Crippen molar-refractivity contribution in [3.05, 3.63) is 42.4 Å². The Morgan fingerprint density at radius 3 is 2.54 bits per heavy atom. The predicted octanol–water partition coefficient (Wildman–Crippen LogP) is 3.61. The number of rotatable bonds is 4. The molecule has 0 spiro atoms. The Balaban J connectivity index is 1.68. The van der Waals surface area contributed by atoms with Gasteiger partial charge in [-0.05, 0) is 32.9 Å². The molecule has 7 nitrogen and oxygen atoms in total. The number of carbonyl (C=O) groups is 1. The predicted molar refractivity (Wildman–Crippen MR) is 95.6 cm³/mol. The normalized spacial score (nSPS) is 14.5. The summed E-state index contributed by atoms with van der Waals surface area (Å²) < 4.78 is 16.5. The topological polar surface area (TPSA) is 73.8 Å². The molecule has 0 unspecified atom stereocenters. The minimum atomic E-state index is -0.505. The fourth-order valence-electron chi connectivity index (χ4n) is 2.60. The van der Waals surface area contributed by atoms with Crippen molar-refractivity contribution < 1.29 is 19.0 Å². The van der Waals surface area contributed by atoms with Gasteiger partial charge >= 0.3 is 6.09 Å². The second-order valence-corrected chi connectivity index (χ2v) is 7.11. The third-order valence-corrected chi connectivity index (χ3v) is 3.87. The van der Waals surface area contributed by atoms with Gasteiger partial charge in [0, 0.05) is 37.5 Å². The summed E-state index contributed by atoms with van der Waals surface area (Å²) in [6, 6.07) is 7.30. The number of hydrogen-bond acceptors (Lipinski definition) is 6. The van der Waals surface area contributed by atoms with E-state index >= 15 is 0 Å². The molecule has 1 aromatic heterocycles. The first-order valence-corrected chi connectivity index (χ1v) is 8.46. The molecule has 7 heteroatoms. The molecule has 1 saturated heterocycles. The molecule has 3 rings (SSSR count). The highest BCUT2D eigenvalue weighted by molar-refractivity contribution is 5.69. The van der Waals surface area contributed by atoms with Gasteiger partial charge in [0.15, 0.2) is 0 Å². The Labute approximate surface area is 152 Å². The third kappa shape index (κ3) is 4.22. The molecule has 1 aliphatic rings. The lowest BCUT2D eigenvalue weighted by Crippen LogP contribution is -2.50. The number of hydrogen-bond donors (Lipinski definition) is 0. The first kappa shape index (κ1) is 18.0. The minimum Gasteiger partial charge on any atom is -0.497 e. The van der Waals surface area contributed by atoms with E-state index in [9.17, 15) is 4.79 Å². The molecule has 138 valence electrons. The number of likely N-dealkylation sites (tertiary alicyclic amines) is 1. The summed E-state index contributed by atoms with van der Waals surface area (Å²) in [7, 11) is 1.60. The monoisotopic (exact) mass is 357 g/mol. The van der Waals surface area contributed by atoms with Crippen molar-refractivity contribution in [1.82, 2.24) is 14.9 Å². The Hall–Kier alpha value is -2.83. The van der Waals surface area contributed by atoms with Gasteiger partial charge in [-0.25, -0.2) is 9.78 Å². The van der Waals surface area contributed by atoms with Crippen molar-refractivity contribution in [1.29, 1.82) is 0 Å². The molecule has 1 amide bonds. The van der Waals surface area contributed by atoms with E-state index in [2.05, 4.69) is 9.97 Å². The van der Waals surface area contributed by atoms with Crippen LogP contribution in [0.1, 0.15) is 32.4 Å². The van der Waals surface area contributed by atoms with Crippen molar-refractivity contribution in [2.24, 2.45) is 0 Å². The Bertz CT molecular complexity index is 782. The van der Waals surface area contributed by atoms with E-state index in [1.54, 1.807) is 30.5 Å². The second-order valence-electron chi connectivity index (χ2n) is 7.11. The molecule has 1 fully saturated rings. The molecule has 0 radical (unpaired) electrons. The summed E-state index contributed by atoms with van der Waals surface area (Å²) in [5.74, 6) is 1.83. The van der Waals surface area contributed by atoms with Crippen LogP contribution in [0.15, 0.2) is 36.7 Å². The zero-order valence-corrected chi connectivity index (χ0v) is 15.4. The van der Waals surface area contributed by atoms with E-state index in [1.165, 1.54) is 0 Å². The molecule has 0 saturated carbocycles. The van der Waals surface area contributed by atoms with Crippen LogP contribution in [-0.4, -0.2) is 46.8 Å². The lowest BCUT2D eigenvalue weighted by atomic mass is 9.97. The molecule has 1 aromatic carbocycles. The average molecular weight is 357 g/mol. The van der Waals surface area contributed by atoms with Crippen molar-refractivity contribution in [3.63, 3.8) is 0 Å². The highest BCUT2D eigenvalue weighted by Crippen LogP contribution is 2.34. The van der Waals surface area contributed by atoms with Gasteiger partial charge in [-0.15, -0.1) is 0 Å². The van der Waals surface area contributed by atoms with Crippen LogP contribution in [0.5, 0.6) is 17.4 Å². The summed E-state index contributed by atoms with van der Waals surface area (Å²) in [5.41, 5.74) is 0.227. The van der Waals surface area contributed by atoms with Crippen LogP contribution in [0.2, 0.25) is 0 Å². The maximum atomic E-state index is 12.1. The minimum absolute atomic E-state index is 0.0665. The number of amides is 1. The smallest absolute Gasteiger partial charge is 0.410 e. The molecule has 2 aromatic rings. The molecule has 2 heterocycles. The number of methoxy groups -OCH3 is 1. The van der Waals surface area contributed by atoms with Crippen molar-refractivity contribution in [2.75, 3.05) is 20.2 Å². The zero-order valence-electron chi connectivity index (χ0n) is 15.4. The number of carbonyl (C=O) groups excluding carboxylic acids is 1. The largest absolute Gasteiger partial charge is 0.497 e. The van der Waals surface area contributed by atoms with Gasteiger partial charge in [-0.2, -0.15) is 0 Å². The number of benzene rings is 1. The van der Waals surface area contributed by atoms with Crippen LogP contribution < -0.4 is 9.47 Å². The molecule has 0 bridgehead atoms. The lowest BCUT2D eigenvalue weighted by Gasteiger charge is -2.39. The van der Waals surface area contributed by atoms with Crippen molar-refractivity contribution in [3.8, 4) is 17.4 Å². The van der Waals surface area contributed by atoms with Crippen LogP contribution in [0.4, 0.5) is 4.79 Å². The summed E-state index contributed by atoms with van der Waals surface area (Å²) >= 11 is 0. The highest BCUT2D eigenvalue weighted by atomic mass is 16.6. The fraction of sp³-hybridized carbons (Fsp3) is 0.421. The number of aromatic nitrogens is 2. The van der Waals surface area contributed by atoms with Gasteiger partial charge in [-0.1, -0.05) is 6.07 Å². The fourth-order valence-corrected chi connectivity index (χ4v) is 2.60. The summed E-state index contributed by atoms with van der Waals surface area (Å²) in [5, 5.41) is 0. The SMILES string of the molecule is COc1cccc(Oc2nccnc2C2CN(C(=O)OC(C)(C)C)C2)c1. The van der Waals surface area contributed by atoms with Gasteiger partial charge in [0.25, 0.3) is 0 Å². The van der Waals surface area contributed by atoms with Crippen molar-refractivity contribution in [2.45, 2.75) is 32.3 Å². The van der Waals surface area contributed by atoms with E-state index < -0.39 is 5.60 Å². The zero-order chi connectivity index (χ0) is 18.7. The lowest BCUT2D eigenvalue weighted by molar-refractivity contribution is 0.00764. The Kier molecular flexibility index (Phi) is 4.97. The Morgan fingerprint density at radius 1 is 1.15 bits per heavy atom. The van der Waals surface area contributed by atoms with Crippen LogP contribution >= 0.6 is 0 Å². The van der Waals surface area contributed by atoms with Crippen LogP contribution in [-0.2, 0) is 4.74 Å². The van der Waals surface area contributed by atoms with Gasteiger partial charge in [0.1, 0.15) is 22.8 Å². The number of ether oxygens (including phenoxy) is 3. The summed E-state index contributed by atoms with van der Waals surface area (Å²) in [4.78, 5) is 22.5. The molecule has 0 atom stereocenters. The van der Waals surface area contributed by atoms with Gasteiger partial charge in [0.2, 0.25) is 5.88 Å². The molecule has 0 N–H and O–H groups in total. The molecular weight excluding hydrogens is 334 g/mol. The summed E-state index contributed by atoms with van der Waals surface area (Å²) in [6.07, 6.45) is 2.90. The van der Waals surface area contributed by atoms with Gasteiger partial charge in [-0.3, -0.25) is 4.98 Å². The van der Waals surface area contributed by atoms with E-state index in [1.807, 2.05) is 39.0 Å². The number of nitrogens with zero attached hydrogens (tertiary/aromatic N) is 3. The standard InChI is InChI=1S/C19H23N3O4/c1-19(2,3)26-18(23)22-11-13(12-22)16-17(21-9-8-20-16)25-15-7-5-6-14(10-15)24-4/h5-10,13H,11-12H2,1-4H3. The van der Waals surface area contributed by atoms with Gasteiger partial charge in [0.05, 0.1) is 7.11 Å². The third-order valence-electron chi connectivity index (χ3n) is 3.87. The maximum absolute atomic E-state index is 12.1. The van der Waals surface area contributed by atoms with Crippen molar-refractivity contribution >= 4 is 6.09 Å². The highest BCUT2D eigenvalue weighted by Gasteiger charge is 2.37. The van der Waals surface area contributed by atoms with E-state index in [4.69, 9.17) is 14.2 Å². The second kappa shape index (κ2) is 7.19. The molecular formula is C19H23N3O4. The Morgan fingerprint density at radius 2 is 1.85 bits per heavy atom.